The molecule has 0 spiro atoms. The standard InChI is InChI=1S/C10H14N4O3S2/c1-19(16,17)9-6-18-5-4-14(9)10(15)7-2-3-8(11)13-12-7/h2-3,9H,4-6H2,1H3,(H2,11,13). The van der Waals surface area contributed by atoms with Crippen molar-refractivity contribution < 1.29 is 13.2 Å². The van der Waals surface area contributed by atoms with Gasteiger partial charge in [-0.3, -0.25) is 4.79 Å². The second kappa shape index (κ2) is 5.33. The van der Waals surface area contributed by atoms with Crippen molar-refractivity contribution in [1.82, 2.24) is 15.1 Å². The lowest BCUT2D eigenvalue weighted by Crippen LogP contribution is -2.50. The zero-order valence-corrected chi connectivity index (χ0v) is 11.9. The molecular formula is C10H14N4O3S2. The van der Waals surface area contributed by atoms with E-state index in [4.69, 9.17) is 5.73 Å². The van der Waals surface area contributed by atoms with Crippen LogP contribution in [0.2, 0.25) is 0 Å². The summed E-state index contributed by atoms with van der Waals surface area (Å²) < 4.78 is 23.4. The summed E-state index contributed by atoms with van der Waals surface area (Å²) in [5.41, 5.74) is 5.51. The molecule has 1 atom stereocenters. The fraction of sp³-hybridized carbons (Fsp3) is 0.500. The Morgan fingerprint density at radius 1 is 1.47 bits per heavy atom. The van der Waals surface area contributed by atoms with Gasteiger partial charge in [0.15, 0.2) is 15.5 Å². The first-order valence-corrected chi connectivity index (χ1v) is 8.67. The number of hydrogen-bond donors (Lipinski definition) is 1. The maximum Gasteiger partial charge on any atom is 0.275 e. The number of anilines is 1. The number of nitrogens with zero attached hydrogens (tertiary/aromatic N) is 3. The predicted octanol–water partition coefficient (Wildman–Crippen LogP) is -0.381. The van der Waals surface area contributed by atoms with E-state index in [1.54, 1.807) is 0 Å². The first-order chi connectivity index (χ1) is 8.89. The van der Waals surface area contributed by atoms with Gasteiger partial charge in [0.25, 0.3) is 5.91 Å². The summed E-state index contributed by atoms with van der Waals surface area (Å²) in [4.78, 5) is 13.6. The zero-order chi connectivity index (χ0) is 14.0. The van der Waals surface area contributed by atoms with E-state index in [0.717, 1.165) is 6.26 Å². The van der Waals surface area contributed by atoms with Crippen molar-refractivity contribution >= 4 is 33.3 Å². The van der Waals surface area contributed by atoms with E-state index in [1.807, 2.05) is 0 Å². The van der Waals surface area contributed by atoms with Crippen LogP contribution >= 0.6 is 11.8 Å². The van der Waals surface area contributed by atoms with Crippen LogP contribution in [0.25, 0.3) is 0 Å². The smallest absolute Gasteiger partial charge is 0.275 e. The second-order valence-corrected chi connectivity index (χ2v) is 7.55. The van der Waals surface area contributed by atoms with E-state index in [-0.39, 0.29) is 11.5 Å². The summed E-state index contributed by atoms with van der Waals surface area (Å²) in [6, 6.07) is 2.92. The largest absolute Gasteiger partial charge is 0.382 e. The fourth-order valence-corrected chi connectivity index (χ4v) is 4.59. The molecule has 1 aliphatic rings. The molecule has 0 radical (unpaired) electrons. The SMILES string of the molecule is CS(=O)(=O)C1CSCCN1C(=O)c1ccc(N)nn1. The van der Waals surface area contributed by atoms with Gasteiger partial charge in [0.05, 0.1) is 0 Å². The summed E-state index contributed by atoms with van der Waals surface area (Å²) in [7, 11) is -3.32. The molecule has 1 aromatic rings. The Morgan fingerprint density at radius 2 is 2.21 bits per heavy atom. The van der Waals surface area contributed by atoms with Crippen LogP contribution in [0.3, 0.4) is 0 Å². The Bertz CT molecular complexity index is 573. The van der Waals surface area contributed by atoms with E-state index in [2.05, 4.69) is 10.2 Å². The van der Waals surface area contributed by atoms with E-state index in [9.17, 15) is 13.2 Å². The quantitative estimate of drug-likeness (QED) is 0.793. The molecule has 0 aliphatic carbocycles. The van der Waals surface area contributed by atoms with Gasteiger partial charge in [0.1, 0.15) is 11.2 Å². The van der Waals surface area contributed by atoms with E-state index in [0.29, 0.717) is 18.1 Å². The molecule has 19 heavy (non-hydrogen) atoms. The first-order valence-electron chi connectivity index (χ1n) is 5.56. The molecule has 7 nitrogen and oxygen atoms in total. The van der Waals surface area contributed by atoms with Crippen LogP contribution in [0.5, 0.6) is 0 Å². The van der Waals surface area contributed by atoms with Crippen molar-refractivity contribution in [2.24, 2.45) is 0 Å². The number of sulfone groups is 1. The highest BCUT2D eigenvalue weighted by Gasteiger charge is 2.35. The Kier molecular flexibility index (Phi) is 3.95. The van der Waals surface area contributed by atoms with Crippen molar-refractivity contribution in [3.8, 4) is 0 Å². The normalized spacial score (nSPS) is 20.3. The Hall–Kier alpha value is -1.35. The number of hydrogen-bond acceptors (Lipinski definition) is 7. The minimum absolute atomic E-state index is 0.106. The number of aromatic nitrogens is 2. The summed E-state index contributed by atoms with van der Waals surface area (Å²) >= 11 is 1.52. The molecule has 1 unspecified atom stereocenters. The molecule has 1 saturated heterocycles. The average Bonchev–Trinajstić information content (AvgIpc) is 2.38. The Labute approximate surface area is 115 Å². The van der Waals surface area contributed by atoms with Gasteiger partial charge >= 0.3 is 0 Å². The second-order valence-electron chi connectivity index (χ2n) is 4.20. The maximum absolute atomic E-state index is 12.3. The van der Waals surface area contributed by atoms with Crippen molar-refractivity contribution in [2.75, 3.05) is 30.0 Å². The Morgan fingerprint density at radius 3 is 2.79 bits per heavy atom. The molecule has 1 aliphatic heterocycles. The molecule has 0 saturated carbocycles. The summed E-state index contributed by atoms with van der Waals surface area (Å²) in [6.07, 6.45) is 1.14. The first kappa shape index (κ1) is 14.1. The lowest BCUT2D eigenvalue weighted by atomic mass is 10.3. The van der Waals surface area contributed by atoms with Crippen molar-refractivity contribution in [1.29, 1.82) is 0 Å². The minimum Gasteiger partial charge on any atom is -0.382 e. The molecule has 1 aromatic heterocycles. The average molecular weight is 302 g/mol. The molecule has 1 fully saturated rings. The number of amides is 1. The summed E-state index contributed by atoms with van der Waals surface area (Å²) in [5.74, 6) is 0.876. The van der Waals surface area contributed by atoms with Crippen molar-refractivity contribution in [3.63, 3.8) is 0 Å². The van der Waals surface area contributed by atoms with Gasteiger partial charge < -0.3 is 10.6 Å². The highest BCUT2D eigenvalue weighted by molar-refractivity contribution is 8.00. The Balaban J connectivity index is 2.27. The van der Waals surface area contributed by atoms with Gasteiger partial charge in [-0.05, 0) is 12.1 Å². The molecule has 104 valence electrons. The molecule has 0 aromatic carbocycles. The number of nitrogens with two attached hydrogens (primary N) is 1. The molecule has 2 rings (SSSR count). The number of thioether (sulfide) groups is 1. The number of rotatable bonds is 2. The number of carbonyl (C=O) groups is 1. The van der Waals surface area contributed by atoms with Crippen LogP contribution < -0.4 is 5.73 Å². The van der Waals surface area contributed by atoms with E-state index < -0.39 is 21.1 Å². The molecule has 9 heteroatoms. The van der Waals surface area contributed by atoms with Crippen LogP contribution in [-0.4, -0.2) is 59.1 Å². The van der Waals surface area contributed by atoms with Gasteiger partial charge in [0.2, 0.25) is 0 Å². The zero-order valence-electron chi connectivity index (χ0n) is 10.3. The van der Waals surface area contributed by atoms with Crippen LogP contribution in [0.1, 0.15) is 10.5 Å². The van der Waals surface area contributed by atoms with Gasteiger partial charge in [-0.1, -0.05) is 0 Å². The molecule has 2 N–H and O–H groups in total. The molecule has 1 amide bonds. The monoisotopic (exact) mass is 302 g/mol. The summed E-state index contributed by atoms with van der Waals surface area (Å²) in [6.45, 7) is 0.382. The lowest BCUT2D eigenvalue weighted by Gasteiger charge is -2.33. The van der Waals surface area contributed by atoms with Crippen LogP contribution in [0.4, 0.5) is 5.82 Å². The third kappa shape index (κ3) is 3.16. The highest BCUT2D eigenvalue weighted by atomic mass is 32.2. The third-order valence-corrected chi connectivity index (χ3v) is 5.39. The van der Waals surface area contributed by atoms with Crippen molar-refractivity contribution in [2.45, 2.75) is 5.37 Å². The molecular weight excluding hydrogens is 288 g/mol. The minimum atomic E-state index is -3.32. The van der Waals surface area contributed by atoms with Gasteiger partial charge in [-0.25, -0.2) is 8.42 Å². The van der Waals surface area contributed by atoms with Gasteiger partial charge in [0, 0.05) is 24.3 Å². The van der Waals surface area contributed by atoms with Gasteiger partial charge in [-0.15, -0.1) is 10.2 Å². The maximum atomic E-state index is 12.3. The van der Waals surface area contributed by atoms with Gasteiger partial charge in [-0.2, -0.15) is 11.8 Å². The predicted molar refractivity (Wildman–Crippen MR) is 73.4 cm³/mol. The van der Waals surface area contributed by atoms with E-state index in [1.165, 1.54) is 28.8 Å². The van der Waals surface area contributed by atoms with Crippen LogP contribution in [0, 0.1) is 0 Å². The number of carbonyl (C=O) groups excluding carboxylic acids is 1. The molecule has 2 heterocycles. The van der Waals surface area contributed by atoms with Crippen LogP contribution in [-0.2, 0) is 9.84 Å². The van der Waals surface area contributed by atoms with Crippen molar-refractivity contribution in [3.05, 3.63) is 17.8 Å². The number of nitrogen functional groups attached to an aromatic ring is 1. The molecule has 0 bridgehead atoms. The van der Waals surface area contributed by atoms with Crippen LogP contribution in [0.15, 0.2) is 12.1 Å². The highest BCUT2D eigenvalue weighted by Crippen LogP contribution is 2.21. The topological polar surface area (TPSA) is 106 Å². The fourth-order valence-electron chi connectivity index (χ4n) is 1.77. The summed E-state index contributed by atoms with van der Waals surface area (Å²) in [5, 5.41) is 6.50. The van der Waals surface area contributed by atoms with E-state index >= 15 is 0 Å². The third-order valence-electron chi connectivity index (χ3n) is 2.74. The lowest BCUT2D eigenvalue weighted by molar-refractivity contribution is 0.0742.